The summed E-state index contributed by atoms with van der Waals surface area (Å²) in [4.78, 5) is 0. The smallest absolute Gasteiger partial charge is 0.249 e. The van der Waals surface area contributed by atoms with Crippen molar-refractivity contribution in [1.82, 2.24) is 15.2 Å². The lowest BCUT2D eigenvalue weighted by Crippen LogP contribution is -2.33. The van der Waals surface area contributed by atoms with Gasteiger partial charge in [0.2, 0.25) is 23.0 Å². The van der Waals surface area contributed by atoms with Gasteiger partial charge in [-0.25, -0.2) is 27.6 Å². The lowest BCUT2D eigenvalue weighted by Gasteiger charge is -2.20. The first-order valence-electron chi connectivity index (χ1n) is 5.99. The number of hydrogen-bond acceptors (Lipinski definition) is 9. The molecule has 0 saturated carbocycles. The summed E-state index contributed by atoms with van der Waals surface area (Å²) in [6.45, 7) is 2.19. The number of hydroxylamine groups is 6. The van der Waals surface area contributed by atoms with Crippen LogP contribution in [0.15, 0.2) is 0 Å². The van der Waals surface area contributed by atoms with Crippen molar-refractivity contribution in [3.63, 3.8) is 0 Å². The van der Waals surface area contributed by atoms with Gasteiger partial charge in [-0.05, 0) is 18.9 Å². The highest BCUT2D eigenvalue weighted by Gasteiger charge is 2.19. The van der Waals surface area contributed by atoms with Gasteiger partial charge in [0, 0.05) is 39.3 Å². The second-order valence-corrected chi connectivity index (χ2v) is 6.52. The summed E-state index contributed by atoms with van der Waals surface area (Å²) < 4.78 is 48.5. The summed E-state index contributed by atoms with van der Waals surface area (Å²) in [7, 11) is -6.14. The van der Waals surface area contributed by atoms with Crippen molar-refractivity contribution in [2.45, 2.75) is 0 Å². The van der Waals surface area contributed by atoms with E-state index in [1.807, 2.05) is 0 Å². The lowest BCUT2D eigenvalue weighted by atomic mass is 10.5. The highest BCUT2D eigenvalue weighted by molar-refractivity contribution is 7.38. The van der Waals surface area contributed by atoms with Crippen molar-refractivity contribution in [3.05, 3.63) is 0 Å². The van der Waals surface area contributed by atoms with Gasteiger partial charge >= 0.3 is 0 Å². The van der Waals surface area contributed by atoms with Gasteiger partial charge in [-0.2, -0.15) is 15.2 Å². The molecule has 21 heavy (non-hydrogen) atoms. The van der Waals surface area contributed by atoms with E-state index in [0.29, 0.717) is 39.3 Å². The Hall–Kier alpha value is -0.330. The van der Waals surface area contributed by atoms with E-state index in [1.165, 1.54) is 15.2 Å². The second-order valence-electron chi connectivity index (χ2n) is 4.03. The molecule has 3 unspecified atom stereocenters. The first-order valence-corrected chi connectivity index (χ1v) is 10.1. The summed E-state index contributed by atoms with van der Waals surface area (Å²) >= 11 is 0. The van der Waals surface area contributed by atoms with Gasteiger partial charge < -0.3 is 0 Å². The first-order chi connectivity index (χ1) is 9.86. The Morgan fingerprint density at radius 2 is 0.762 bits per heavy atom. The van der Waals surface area contributed by atoms with E-state index < -0.39 is 23.0 Å². The molecule has 1 saturated heterocycles. The minimum absolute atomic E-state index is 0.365. The fraction of sp³-hybridized carbons (Fsp3) is 0.667. The van der Waals surface area contributed by atoms with Crippen LogP contribution in [0.4, 0.5) is 0 Å². The quantitative estimate of drug-likeness (QED) is 0.651. The molecule has 0 bridgehead atoms. The molecule has 0 aliphatic carbocycles. The molecule has 1 rings (SSSR count). The third-order valence-corrected chi connectivity index (χ3v) is 3.66. The molecule has 12 heteroatoms. The fourth-order valence-electron chi connectivity index (χ4n) is 1.64. The predicted molar refractivity (Wildman–Crippen MR) is 82.2 cm³/mol. The molecule has 9 nitrogen and oxygen atoms in total. The lowest BCUT2D eigenvalue weighted by molar-refractivity contribution is -0.0891. The molecule has 0 aromatic carbocycles. The standard InChI is InChI=1S/C9H18N3O6P3/c1-19(13)16-10-4-6-11(17-20(2)14)8-9-12(7-5-10)18-21(3)15/h1-9H2. The van der Waals surface area contributed by atoms with Crippen molar-refractivity contribution in [2.75, 3.05) is 39.3 Å². The average molecular weight is 357 g/mol. The Morgan fingerprint density at radius 3 is 0.905 bits per heavy atom. The monoisotopic (exact) mass is 357 g/mol. The van der Waals surface area contributed by atoms with Crippen molar-refractivity contribution >= 4 is 41.9 Å². The van der Waals surface area contributed by atoms with Crippen LogP contribution < -0.4 is 0 Å². The SMILES string of the molecule is C=P(=O)ON1CCN(OP(=C)=O)CCN(OP(=C)=O)CC1. The van der Waals surface area contributed by atoms with Crippen molar-refractivity contribution in [3.8, 4) is 0 Å². The highest BCUT2D eigenvalue weighted by atomic mass is 31.1. The summed E-state index contributed by atoms with van der Waals surface area (Å²) in [6.07, 6.45) is 9.86. The topological polar surface area (TPSA) is 88.6 Å². The maximum Gasteiger partial charge on any atom is 0.249 e. The number of rotatable bonds is 6. The number of nitrogens with zero attached hydrogens (tertiary/aromatic N) is 3. The van der Waals surface area contributed by atoms with E-state index in [9.17, 15) is 13.7 Å². The Kier molecular flexibility index (Phi) is 8.59. The molecule has 0 amide bonds. The van der Waals surface area contributed by atoms with Gasteiger partial charge in [-0.15, -0.1) is 0 Å². The normalized spacial score (nSPS) is 22.0. The third kappa shape index (κ3) is 8.63. The maximum absolute atomic E-state index is 11.1. The molecule has 3 atom stereocenters. The van der Waals surface area contributed by atoms with E-state index in [4.69, 9.17) is 13.9 Å². The zero-order valence-corrected chi connectivity index (χ0v) is 14.2. The summed E-state index contributed by atoms with van der Waals surface area (Å²) in [5.41, 5.74) is 0. The van der Waals surface area contributed by atoms with E-state index in [0.717, 1.165) is 0 Å². The molecular weight excluding hydrogens is 339 g/mol. The third-order valence-electron chi connectivity index (χ3n) is 2.42. The predicted octanol–water partition coefficient (Wildman–Crippen LogP) is 1.22. The van der Waals surface area contributed by atoms with E-state index >= 15 is 0 Å². The summed E-state index contributed by atoms with van der Waals surface area (Å²) in [6, 6.07) is 0. The molecule has 0 radical (unpaired) electrons. The van der Waals surface area contributed by atoms with Crippen LogP contribution >= 0.6 is 23.0 Å². The van der Waals surface area contributed by atoms with Crippen LogP contribution in [0.3, 0.4) is 0 Å². The molecule has 1 aliphatic rings. The van der Waals surface area contributed by atoms with Crippen LogP contribution in [0, 0.1) is 0 Å². The molecule has 1 fully saturated rings. The van der Waals surface area contributed by atoms with Crippen LogP contribution in [-0.2, 0) is 27.6 Å². The second kappa shape index (κ2) is 9.64. The minimum Gasteiger partial charge on any atom is -0.250 e. The Morgan fingerprint density at radius 1 is 0.571 bits per heavy atom. The van der Waals surface area contributed by atoms with Gasteiger partial charge in [0.25, 0.3) is 0 Å². The van der Waals surface area contributed by atoms with Gasteiger partial charge in [-0.3, -0.25) is 0 Å². The zero-order chi connectivity index (χ0) is 15.8. The van der Waals surface area contributed by atoms with Crippen molar-refractivity contribution in [1.29, 1.82) is 0 Å². The fourth-order valence-corrected chi connectivity index (χ4v) is 2.90. The molecule has 120 valence electrons. The minimum atomic E-state index is -2.05. The molecule has 0 N–H and O–H groups in total. The van der Waals surface area contributed by atoms with Crippen LogP contribution in [0.1, 0.15) is 0 Å². The van der Waals surface area contributed by atoms with E-state index in [-0.39, 0.29) is 0 Å². The van der Waals surface area contributed by atoms with Crippen LogP contribution in [0.2, 0.25) is 0 Å². The molecule has 0 aromatic heterocycles. The zero-order valence-electron chi connectivity index (χ0n) is 11.5. The molecular formula is C9H18N3O6P3. The maximum atomic E-state index is 11.1. The van der Waals surface area contributed by atoms with E-state index in [1.54, 1.807) is 0 Å². The molecule has 1 aliphatic heterocycles. The Bertz CT molecular complexity index is 433. The van der Waals surface area contributed by atoms with E-state index in [2.05, 4.69) is 18.9 Å². The van der Waals surface area contributed by atoms with Crippen molar-refractivity contribution in [2.24, 2.45) is 0 Å². The largest absolute Gasteiger partial charge is 0.250 e. The molecule has 0 spiro atoms. The van der Waals surface area contributed by atoms with Gasteiger partial charge in [0.15, 0.2) is 0 Å². The Labute approximate surface area is 124 Å². The molecule has 0 aromatic rings. The van der Waals surface area contributed by atoms with Gasteiger partial charge in [-0.1, -0.05) is 0 Å². The average Bonchev–Trinajstić information content (AvgIpc) is 2.42. The van der Waals surface area contributed by atoms with Crippen molar-refractivity contribution < 1.29 is 27.6 Å². The summed E-state index contributed by atoms with van der Waals surface area (Å²) in [5, 5.41) is 4.32. The van der Waals surface area contributed by atoms with Crippen LogP contribution in [0.25, 0.3) is 0 Å². The Balaban J connectivity index is 2.75. The number of hydrogen-bond donors (Lipinski definition) is 0. The van der Waals surface area contributed by atoms with Crippen LogP contribution in [0.5, 0.6) is 0 Å². The van der Waals surface area contributed by atoms with Gasteiger partial charge in [0.05, 0.1) is 0 Å². The van der Waals surface area contributed by atoms with Gasteiger partial charge in [0.1, 0.15) is 0 Å². The first kappa shape index (κ1) is 18.7. The molecule has 1 heterocycles. The highest BCUT2D eigenvalue weighted by Crippen LogP contribution is 2.15. The summed E-state index contributed by atoms with van der Waals surface area (Å²) in [5.74, 6) is 0. The van der Waals surface area contributed by atoms with Crippen LogP contribution in [-0.4, -0.2) is 73.4 Å².